The molecule has 116 valence electrons. The average Bonchev–Trinajstić information content (AvgIpc) is 2.53. The number of anilines is 1. The number of carboxylic acids is 2. The number of carboxylic acid groups (broad SMARTS) is 2. The van der Waals surface area contributed by atoms with E-state index in [2.05, 4.69) is 10.3 Å². The van der Waals surface area contributed by atoms with Crippen LogP contribution in [0.25, 0.3) is 21.8 Å². The molecule has 0 saturated carbocycles. The fourth-order valence-electron chi connectivity index (χ4n) is 2.54. The molecule has 0 fully saturated rings. The molecule has 3 rings (SSSR count). The summed E-state index contributed by atoms with van der Waals surface area (Å²) in [5, 5.41) is 22.6. The summed E-state index contributed by atoms with van der Waals surface area (Å²) in [5.41, 5.74) is 2.01. The third kappa shape index (κ3) is 2.91. The van der Waals surface area contributed by atoms with E-state index in [4.69, 9.17) is 5.11 Å². The molecule has 0 bridgehead atoms. The lowest BCUT2D eigenvalue weighted by Crippen LogP contribution is -2.31. The first-order chi connectivity index (χ1) is 11.1. The topological polar surface area (TPSA) is 99.5 Å². The molecule has 0 unspecified atom stereocenters. The first-order valence-electron chi connectivity index (χ1n) is 7.05. The summed E-state index contributed by atoms with van der Waals surface area (Å²) in [6.07, 6.45) is -0.514. The second-order valence-electron chi connectivity index (χ2n) is 5.15. The van der Waals surface area contributed by atoms with Gasteiger partial charge in [0.2, 0.25) is 0 Å². The van der Waals surface area contributed by atoms with Gasteiger partial charge in [-0.1, -0.05) is 36.4 Å². The summed E-state index contributed by atoms with van der Waals surface area (Å²) in [4.78, 5) is 26.8. The molecule has 1 atom stereocenters. The van der Waals surface area contributed by atoms with Gasteiger partial charge in [-0.05, 0) is 12.1 Å². The zero-order valence-corrected chi connectivity index (χ0v) is 12.1. The maximum Gasteiger partial charge on any atom is 0.326 e. The minimum atomic E-state index is -1.22. The van der Waals surface area contributed by atoms with Crippen molar-refractivity contribution < 1.29 is 19.8 Å². The molecule has 0 amide bonds. The number of carbonyl (C=O) groups is 2. The number of benzene rings is 2. The molecule has 0 aliphatic carbocycles. The molecule has 0 saturated heterocycles. The van der Waals surface area contributed by atoms with Crippen LogP contribution in [-0.2, 0) is 9.59 Å². The number of fused-ring (bicyclic) bond motifs is 2. The van der Waals surface area contributed by atoms with Crippen LogP contribution in [0, 0.1) is 0 Å². The van der Waals surface area contributed by atoms with Crippen molar-refractivity contribution in [3.05, 3.63) is 48.5 Å². The number of rotatable bonds is 5. The average molecular weight is 310 g/mol. The molecule has 0 aliphatic rings. The lowest BCUT2D eigenvalue weighted by atomic mass is 10.1. The molecule has 0 spiro atoms. The van der Waals surface area contributed by atoms with E-state index in [1.165, 1.54) is 0 Å². The molecular formula is C17H14N2O4. The number of para-hydroxylation sites is 2. The Bertz CT molecular complexity index is 853. The van der Waals surface area contributed by atoms with E-state index >= 15 is 0 Å². The molecule has 1 aromatic heterocycles. The Labute approximate surface area is 131 Å². The maximum atomic E-state index is 11.4. The van der Waals surface area contributed by atoms with Gasteiger partial charge in [0.15, 0.2) is 0 Å². The van der Waals surface area contributed by atoms with Crippen LogP contribution in [0.1, 0.15) is 6.42 Å². The zero-order valence-electron chi connectivity index (χ0n) is 12.1. The van der Waals surface area contributed by atoms with Gasteiger partial charge >= 0.3 is 11.9 Å². The molecule has 6 heteroatoms. The molecule has 3 N–H and O–H groups in total. The van der Waals surface area contributed by atoms with Crippen molar-refractivity contribution in [3.63, 3.8) is 0 Å². The minimum absolute atomic E-state index is 0.514. The van der Waals surface area contributed by atoms with E-state index < -0.39 is 24.4 Å². The van der Waals surface area contributed by atoms with E-state index in [9.17, 15) is 14.7 Å². The van der Waals surface area contributed by atoms with Gasteiger partial charge in [-0.2, -0.15) is 0 Å². The van der Waals surface area contributed by atoms with Crippen LogP contribution in [0.3, 0.4) is 0 Å². The van der Waals surface area contributed by atoms with Crippen LogP contribution < -0.4 is 5.32 Å². The van der Waals surface area contributed by atoms with Gasteiger partial charge in [-0.25, -0.2) is 9.78 Å². The normalized spacial score (nSPS) is 12.2. The highest BCUT2D eigenvalue weighted by molar-refractivity contribution is 6.08. The molecule has 6 nitrogen and oxygen atoms in total. The van der Waals surface area contributed by atoms with Crippen LogP contribution in [0.15, 0.2) is 48.5 Å². The molecule has 23 heavy (non-hydrogen) atoms. The summed E-state index contributed by atoms with van der Waals surface area (Å²) in [7, 11) is 0. The SMILES string of the molecule is O=C(O)C[C@@H](Nc1c2ccccc2nc2ccccc12)C(=O)O. The van der Waals surface area contributed by atoms with Gasteiger partial charge in [0.1, 0.15) is 6.04 Å². The van der Waals surface area contributed by atoms with Crippen LogP contribution in [0.5, 0.6) is 0 Å². The van der Waals surface area contributed by atoms with E-state index in [0.29, 0.717) is 16.7 Å². The zero-order chi connectivity index (χ0) is 16.4. The molecule has 3 aromatic rings. The second kappa shape index (κ2) is 5.92. The number of nitrogens with one attached hydrogen (secondary N) is 1. The van der Waals surface area contributed by atoms with Crippen molar-refractivity contribution >= 4 is 39.4 Å². The first kappa shape index (κ1) is 14.8. The summed E-state index contributed by atoms with van der Waals surface area (Å²) in [6.45, 7) is 0. The standard InChI is InChI=1S/C17H14N2O4/c20-15(21)9-14(17(22)23)19-16-10-5-1-3-7-12(10)18-13-8-4-2-6-11(13)16/h1-8,14H,9H2,(H,18,19)(H,20,21)(H,22,23)/t14-/m1/s1. The van der Waals surface area contributed by atoms with Gasteiger partial charge in [-0.15, -0.1) is 0 Å². The van der Waals surface area contributed by atoms with E-state index in [1.807, 2.05) is 48.5 Å². The molecule has 0 aliphatic heterocycles. The largest absolute Gasteiger partial charge is 0.481 e. The summed E-state index contributed by atoms with van der Waals surface area (Å²) in [6, 6.07) is 13.5. The fourth-order valence-corrected chi connectivity index (χ4v) is 2.54. The highest BCUT2D eigenvalue weighted by atomic mass is 16.4. The number of hydrogen-bond acceptors (Lipinski definition) is 4. The highest BCUT2D eigenvalue weighted by Gasteiger charge is 2.22. The van der Waals surface area contributed by atoms with Gasteiger partial charge in [0.05, 0.1) is 23.1 Å². The molecule has 0 radical (unpaired) electrons. The Morgan fingerprint density at radius 3 is 1.96 bits per heavy atom. The van der Waals surface area contributed by atoms with Crippen molar-refractivity contribution in [1.29, 1.82) is 0 Å². The maximum absolute atomic E-state index is 11.4. The predicted octanol–water partition coefficient (Wildman–Crippen LogP) is 2.73. The molecule has 1 heterocycles. The number of hydrogen-bond donors (Lipinski definition) is 3. The van der Waals surface area contributed by atoms with Gasteiger partial charge in [0.25, 0.3) is 0 Å². The lowest BCUT2D eigenvalue weighted by Gasteiger charge is -2.17. The number of nitrogens with zero attached hydrogens (tertiary/aromatic N) is 1. The Balaban J connectivity index is 2.19. The molecule has 2 aromatic carbocycles. The number of pyridine rings is 1. The Morgan fingerprint density at radius 2 is 1.48 bits per heavy atom. The minimum Gasteiger partial charge on any atom is -0.481 e. The van der Waals surface area contributed by atoms with Crippen molar-refractivity contribution in [3.8, 4) is 0 Å². The summed E-state index contributed by atoms with van der Waals surface area (Å²) in [5.74, 6) is -2.38. The fraction of sp³-hybridized carbons (Fsp3) is 0.118. The van der Waals surface area contributed by atoms with Crippen LogP contribution in [0.4, 0.5) is 5.69 Å². The quantitative estimate of drug-likeness (QED) is 0.627. The Hall–Kier alpha value is -3.15. The molecular weight excluding hydrogens is 296 g/mol. The van der Waals surface area contributed by atoms with E-state index in [-0.39, 0.29) is 0 Å². The number of aliphatic carboxylic acids is 2. The lowest BCUT2D eigenvalue weighted by molar-refractivity contribution is -0.144. The van der Waals surface area contributed by atoms with Gasteiger partial charge in [0, 0.05) is 10.8 Å². The highest BCUT2D eigenvalue weighted by Crippen LogP contribution is 2.31. The van der Waals surface area contributed by atoms with E-state index in [1.54, 1.807) is 0 Å². The monoisotopic (exact) mass is 310 g/mol. The predicted molar refractivity (Wildman–Crippen MR) is 86.5 cm³/mol. The second-order valence-corrected chi connectivity index (χ2v) is 5.15. The van der Waals surface area contributed by atoms with Crippen molar-refractivity contribution in [2.75, 3.05) is 5.32 Å². The Morgan fingerprint density at radius 1 is 0.957 bits per heavy atom. The van der Waals surface area contributed by atoms with Crippen molar-refractivity contribution in [2.24, 2.45) is 0 Å². The number of aromatic nitrogens is 1. The van der Waals surface area contributed by atoms with Crippen molar-refractivity contribution in [1.82, 2.24) is 4.98 Å². The van der Waals surface area contributed by atoms with Crippen LogP contribution in [-0.4, -0.2) is 33.2 Å². The van der Waals surface area contributed by atoms with Crippen molar-refractivity contribution in [2.45, 2.75) is 12.5 Å². The third-order valence-electron chi connectivity index (χ3n) is 3.58. The summed E-state index contributed by atoms with van der Waals surface area (Å²) >= 11 is 0. The first-order valence-corrected chi connectivity index (χ1v) is 7.05. The summed E-state index contributed by atoms with van der Waals surface area (Å²) < 4.78 is 0. The Kier molecular flexibility index (Phi) is 3.80. The third-order valence-corrected chi connectivity index (χ3v) is 3.58. The van der Waals surface area contributed by atoms with Crippen LogP contribution in [0.2, 0.25) is 0 Å². The van der Waals surface area contributed by atoms with Gasteiger partial charge < -0.3 is 15.5 Å². The van der Waals surface area contributed by atoms with E-state index in [0.717, 1.165) is 10.8 Å². The van der Waals surface area contributed by atoms with Gasteiger partial charge in [-0.3, -0.25) is 4.79 Å². The smallest absolute Gasteiger partial charge is 0.326 e. The van der Waals surface area contributed by atoms with Crippen LogP contribution >= 0.6 is 0 Å².